The van der Waals surface area contributed by atoms with E-state index < -0.39 is 0 Å². The summed E-state index contributed by atoms with van der Waals surface area (Å²) in [5.41, 5.74) is 0. The molecule has 1 aliphatic heterocycles. The first-order chi connectivity index (χ1) is 7.34. The van der Waals surface area contributed by atoms with Gasteiger partial charge in [-0.1, -0.05) is 0 Å². The molecule has 0 amide bonds. The third-order valence-corrected chi connectivity index (χ3v) is 3.28. The van der Waals surface area contributed by atoms with Gasteiger partial charge in [-0.15, -0.1) is 0 Å². The fraction of sp³-hybridized carbons (Fsp3) is 0.778. The minimum Gasteiger partial charge on any atom is -0.359 e. The standard InChI is InChI=1S/C9H17N5S/c1-13-4-6-14(7-5-13)3-2-10-9-11-8-12-15-9/h8H,2-7H2,1H3,(H,10,11,12). The normalized spacial score (nSPS) is 19.3. The maximum absolute atomic E-state index is 4.08. The molecule has 0 aromatic carbocycles. The summed E-state index contributed by atoms with van der Waals surface area (Å²) in [6.07, 6.45) is 1.59. The average molecular weight is 227 g/mol. The zero-order valence-corrected chi connectivity index (χ0v) is 9.83. The third kappa shape index (κ3) is 3.40. The summed E-state index contributed by atoms with van der Waals surface area (Å²) in [5, 5.41) is 4.19. The molecule has 2 heterocycles. The van der Waals surface area contributed by atoms with Gasteiger partial charge in [-0.2, -0.15) is 4.37 Å². The summed E-state index contributed by atoms with van der Waals surface area (Å²) in [6, 6.07) is 0. The van der Waals surface area contributed by atoms with Crippen LogP contribution < -0.4 is 5.32 Å². The van der Waals surface area contributed by atoms with Crippen LogP contribution in [0, 0.1) is 0 Å². The molecule has 1 fully saturated rings. The van der Waals surface area contributed by atoms with Crippen LogP contribution in [0.1, 0.15) is 0 Å². The Balaban J connectivity index is 1.62. The van der Waals surface area contributed by atoms with Crippen LogP contribution in [0.5, 0.6) is 0 Å². The van der Waals surface area contributed by atoms with E-state index >= 15 is 0 Å². The fourth-order valence-electron chi connectivity index (χ4n) is 1.64. The van der Waals surface area contributed by atoms with Crippen molar-refractivity contribution in [2.45, 2.75) is 0 Å². The van der Waals surface area contributed by atoms with Gasteiger partial charge in [-0.05, 0) is 7.05 Å². The van der Waals surface area contributed by atoms with Crippen LogP contribution in [0.15, 0.2) is 6.33 Å². The molecule has 0 bridgehead atoms. The van der Waals surface area contributed by atoms with Gasteiger partial charge in [0.1, 0.15) is 6.33 Å². The van der Waals surface area contributed by atoms with Crippen LogP contribution in [-0.2, 0) is 0 Å². The summed E-state index contributed by atoms with van der Waals surface area (Å²) in [5.74, 6) is 0. The van der Waals surface area contributed by atoms with Crippen LogP contribution in [0.4, 0.5) is 5.13 Å². The van der Waals surface area contributed by atoms with Crippen molar-refractivity contribution in [3.05, 3.63) is 6.33 Å². The van der Waals surface area contributed by atoms with Crippen LogP contribution >= 0.6 is 11.5 Å². The average Bonchev–Trinajstić information content (AvgIpc) is 2.74. The molecule has 0 radical (unpaired) electrons. The van der Waals surface area contributed by atoms with E-state index in [9.17, 15) is 0 Å². The Kier molecular flexibility index (Phi) is 3.87. The lowest BCUT2D eigenvalue weighted by atomic mass is 10.3. The van der Waals surface area contributed by atoms with Crippen LogP contribution in [-0.4, -0.2) is 65.5 Å². The second kappa shape index (κ2) is 5.39. The summed E-state index contributed by atoms with van der Waals surface area (Å²) in [6.45, 7) is 6.76. The van der Waals surface area contributed by atoms with Gasteiger partial charge >= 0.3 is 0 Å². The van der Waals surface area contributed by atoms with Crippen LogP contribution in [0.3, 0.4) is 0 Å². The van der Waals surface area contributed by atoms with E-state index in [4.69, 9.17) is 0 Å². The van der Waals surface area contributed by atoms with E-state index in [0.29, 0.717) is 0 Å². The van der Waals surface area contributed by atoms with Crippen molar-refractivity contribution in [1.29, 1.82) is 0 Å². The molecule has 0 unspecified atom stereocenters. The van der Waals surface area contributed by atoms with Gasteiger partial charge in [0.05, 0.1) is 0 Å². The molecule has 2 rings (SSSR count). The van der Waals surface area contributed by atoms with Gasteiger partial charge in [0, 0.05) is 50.8 Å². The molecular weight excluding hydrogens is 210 g/mol. The Labute approximate surface area is 94.3 Å². The quantitative estimate of drug-likeness (QED) is 0.796. The molecule has 1 aromatic rings. The number of aromatic nitrogens is 2. The van der Waals surface area contributed by atoms with Gasteiger partial charge in [0.25, 0.3) is 0 Å². The Hall–Kier alpha value is -0.720. The molecular formula is C9H17N5S. The highest BCUT2D eigenvalue weighted by molar-refractivity contribution is 7.09. The van der Waals surface area contributed by atoms with Crippen molar-refractivity contribution >= 4 is 16.7 Å². The highest BCUT2D eigenvalue weighted by atomic mass is 32.1. The number of nitrogens with zero attached hydrogens (tertiary/aromatic N) is 4. The summed E-state index contributed by atoms with van der Waals surface area (Å²) >= 11 is 1.41. The van der Waals surface area contributed by atoms with Gasteiger partial charge in [-0.3, -0.25) is 4.90 Å². The van der Waals surface area contributed by atoms with Gasteiger partial charge < -0.3 is 10.2 Å². The molecule has 1 saturated heterocycles. The van der Waals surface area contributed by atoms with Crippen molar-refractivity contribution < 1.29 is 0 Å². The van der Waals surface area contributed by atoms with E-state index in [1.54, 1.807) is 6.33 Å². The molecule has 0 atom stereocenters. The first-order valence-corrected chi connectivity index (χ1v) is 6.03. The number of likely N-dealkylation sites (N-methyl/N-ethyl adjacent to an activating group) is 1. The van der Waals surface area contributed by atoms with Crippen molar-refractivity contribution in [3.8, 4) is 0 Å². The van der Waals surface area contributed by atoms with Crippen molar-refractivity contribution in [2.75, 3.05) is 51.6 Å². The Morgan fingerprint density at radius 2 is 2.20 bits per heavy atom. The fourth-order valence-corrected chi connectivity index (χ4v) is 2.10. The zero-order chi connectivity index (χ0) is 10.5. The number of hydrogen-bond donors (Lipinski definition) is 1. The number of anilines is 1. The second-order valence-corrected chi connectivity index (χ2v) is 4.60. The van der Waals surface area contributed by atoms with Crippen molar-refractivity contribution in [2.24, 2.45) is 0 Å². The van der Waals surface area contributed by atoms with E-state index in [1.165, 1.54) is 37.7 Å². The molecule has 15 heavy (non-hydrogen) atoms. The lowest BCUT2D eigenvalue weighted by molar-refractivity contribution is 0.158. The zero-order valence-electron chi connectivity index (χ0n) is 9.02. The largest absolute Gasteiger partial charge is 0.359 e. The predicted octanol–water partition coefficient (Wildman–Crippen LogP) is 0.197. The first kappa shape index (κ1) is 10.8. The van der Waals surface area contributed by atoms with E-state index in [-0.39, 0.29) is 0 Å². The minimum atomic E-state index is 0.920. The monoisotopic (exact) mass is 227 g/mol. The maximum atomic E-state index is 4.08. The lowest BCUT2D eigenvalue weighted by Crippen LogP contribution is -2.45. The predicted molar refractivity (Wildman–Crippen MR) is 62.3 cm³/mol. The Morgan fingerprint density at radius 1 is 1.40 bits per heavy atom. The Bertz CT molecular complexity index is 268. The SMILES string of the molecule is CN1CCN(CCNc2ncns2)CC1. The topological polar surface area (TPSA) is 44.3 Å². The minimum absolute atomic E-state index is 0.920. The van der Waals surface area contributed by atoms with Crippen molar-refractivity contribution in [1.82, 2.24) is 19.2 Å². The molecule has 0 saturated carbocycles. The number of hydrogen-bond acceptors (Lipinski definition) is 6. The smallest absolute Gasteiger partial charge is 0.202 e. The van der Waals surface area contributed by atoms with Crippen LogP contribution in [0.2, 0.25) is 0 Å². The first-order valence-electron chi connectivity index (χ1n) is 5.26. The molecule has 1 N–H and O–H groups in total. The van der Waals surface area contributed by atoms with Gasteiger partial charge in [0.15, 0.2) is 0 Å². The highest BCUT2D eigenvalue weighted by Gasteiger charge is 2.12. The molecule has 1 aromatic heterocycles. The molecule has 0 spiro atoms. The molecule has 1 aliphatic rings. The maximum Gasteiger partial charge on any atom is 0.202 e. The molecule has 84 valence electrons. The van der Waals surface area contributed by atoms with Gasteiger partial charge in [-0.25, -0.2) is 4.98 Å². The van der Waals surface area contributed by atoms with Gasteiger partial charge in [0.2, 0.25) is 5.13 Å². The summed E-state index contributed by atoms with van der Waals surface area (Å²) in [4.78, 5) is 8.93. The molecule has 0 aliphatic carbocycles. The second-order valence-electron chi connectivity index (χ2n) is 3.82. The number of rotatable bonds is 4. The number of piperazine rings is 1. The van der Waals surface area contributed by atoms with E-state index in [2.05, 4.69) is 31.5 Å². The summed E-state index contributed by atoms with van der Waals surface area (Å²) < 4.78 is 3.95. The molecule has 6 heteroatoms. The Morgan fingerprint density at radius 3 is 2.87 bits per heavy atom. The highest BCUT2D eigenvalue weighted by Crippen LogP contribution is 2.06. The number of nitrogens with one attached hydrogen (secondary N) is 1. The van der Waals surface area contributed by atoms with E-state index in [0.717, 1.165) is 18.2 Å². The van der Waals surface area contributed by atoms with Crippen LogP contribution in [0.25, 0.3) is 0 Å². The van der Waals surface area contributed by atoms with E-state index in [1.807, 2.05) is 0 Å². The lowest BCUT2D eigenvalue weighted by Gasteiger charge is -2.32. The van der Waals surface area contributed by atoms with Crippen molar-refractivity contribution in [3.63, 3.8) is 0 Å². The summed E-state index contributed by atoms with van der Waals surface area (Å²) in [7, 11) is 2.18. The molecule has 5 nitrogen and oxygen atoms in total. The third-order valence-electron chi connectivity index (χ3n) is 2.66.